The fourth-order valence-corrected chi connectivity index (χ4v) is 4.73. The Morgan fingerprint density at radius 3 is 2.93 bits per heavy atom. The Hall–Kier alpha value is -2.78. The molecule has 2 atom stereocenters. The molecule has 0 saturated carbocycles. The van der Waals surface area contributed by atoms with Crippen molar-refractivity contribution in [2.45, 2.75) is 44.4 Å². The molecule has 5 rings (SSSR count). The summed E-state index contributed by atoms with van der Waals surface area (Å²) in [5.74, 6) is 1.45. The first-order valence-corrected chi connectivity index (χ1v) is 10.7. The molecule has 2 fully saturated rings. The zero-order valence-electron chi connectivity index (χ0n) is 17.1. The van der Waals surface area contributed by atoms with Gasteiger partial charge in [-0.3, -0.25) is 4.79 Å². The van der Waals surface area contributed by atoms with Crippen LogP contribution in [0.1, 0.15) is 43.1 Å². The van der Waals surface area contributed by atoms with Gasteiger partial charge in [0.15, 0.2) is 6.04 Å². The largest absolute Gasteiger partial charge is 0.497 e. The predicted molar refractivity (Wildman–Crippen MR) is 110 cm³/mol. The van der Waals surface area contributed by atoms with Crippen molar-refractivity contribution in [3.05, 3.63) is 46.0 Å². The summed E-state index contributed by atoms with van der Waals surface area (Å²) in [4.78, 5) is 17.5. The average molecular weight is 411 g/mol. The van der Waals surface area contributed by atoms with Crippen molar-refractivity contribution >= 4 is 10.9 Å². The van der Waals surface area contributed by atoms with Crippen LogP contribution in [0.25, 0.3) is 10.9 Å². The summed E-state index contributed by atoms with van der Waals surface area (Å²) in [7, 11) is 1.62. The van der Waals surface area contributed by atoms with E-state index >= 15 is 0 Å². The number of quaternary nitrogens is 1. The molecule has 2 aliphatic rings. The minimum atomic E-state index is -0.209. The maximum atomic E-state index is 13.2. The average Bonchev–Trinajstić information content (AvgIpc) is 3.53. The lowest BCUT2D eigenvalue weighted by Crippen LogP contribution is -3.10. The number of fused-ring (bicyclic) bond motifs is 1. The fraction of sp³-hybridized carbons (Fsp3) is 0.524. The van der Waals surface area contributed by atoms with E-state index in [0.717, 1.165) is 62.1 Å². The molecule has 0 amide bonds. The fourth-order valence-electron chi connectivity index (χ4n) is 4.73. The zero-order valence-corrected chi connectivity index (χ0v) is 17.1. The van der Waals surface area contributed by atoms with Gasteiger partial charge >= 0.3 is 0 Å². The van der Waals surface area contributed by atoms with Gasteiger partial charge in [-0.15, -0.1) is 5.10 Å². The van der Waals surface area contributed by atoms with Gasteiger partial charge in [-0.25, -0.2) is 4.68 Å². The molecule has 0 aliphatic carbocycles. The van der Waals surface area contributed by atoms with Gasteiger partial charge in [-0.1, -0.05) is 0 Å². The molecular formula is C21H27N6O3+. The number of nitrogens with one attached hydrogen (secondary N) is 2. The molecule has 9 heteroatoms. The number of methoxy groups -OCH3 is 1. The van der Waals surface area contributed by atoms with Crippen molar-refractivity contribution in [1.82, 2.24) is 25.2 Å². The van der Waals surface area contributed by atoms with Crippen LogP contribution in [0.2, 0.25) is 0 Å². The van der Waals surface area contributed by atoms with E-state index in [1.807, 2.05) is 28.9 Å². The number of hydrogen-bond acceptors (Lipinski definition) is 6. The van der Waals surface area contributed by atoms with Gasteiger partial charge in [0.1, 0.15) is 5.75 Å². The molecule has 0 radical (unpaired) electrons. The molecule has 2 N–H and O–H groups in total. The van der Waals surface area contributed by atoms with Crippen LogP contribution in [0, 0.1) is 0 Å². The highest BCUT2D eigenvalue weighted by Crippen LogP contribution is 2.23. The Morgan fingerprint density at radius 1 is 1.30 bits per heavy atom. The zero-order chi connectivity index (χ0) is 20.5. The van der Waals surface area contributed by atoms with E-state index in [4.69, 9.17) is 9.47 Å². The number of H-pyrrole nitrogens is 1. The van der Waals surface area contributed by atoms with Crippen molar-refractivity contribution in [1.29, 1.82) is 0 Å². The smallest absolute Gasteiger partial charge is 0.258 e. The van der Waals surface area contributed by atoms with Crippen LogP contribution in [-0.2, 0) is 11.3 Å². The lowest BCUT2D eigenvalue weighted by Gasteiger charge is -2.24. The second-order valence-electron chi connectivity index (χ2n) is 8.16. The number of hydrogen-bond donors (Lipinski definition) is 2. The molecule has 158 valence electrons. The van der Waals surface area contributed by atoms with Crippen LogP contribution in [0.5, 0.6) is 5.75 Å². The van der Waals surface area contributed by atoms with Crippen LogP contribution in [0.15, 0.2) is 29.1 Å². The number of benzene rings is 1. The van der Waals surface area contributed by atoms with E-state index in [9.17, 15) is 4.79 Å². The van der Waals surface area contributed by atoms with E-state index in [-0.39, 0.29) is 17.7 Å². The molecule has 9 nitrogen and oxygen atoms in total. The molecule has 2 aromatic heterocycles. The van der Waals surface area contributed by atoms with Gasteiger partial charge in [0, 0.05) is 25.5 Å². The highest BCUT2D eigenvalue weighted by atomic mass is 16.5. The summed E-state index contributed by atoms with van der Waals surface area (Å²) < 4.78 is 12.9. The first-order valence-electron chi connectivity index (χ1n) is 10.7. The molecule has 4 heterocycles. The first kappa shape index (κ1) is 19.2. The highest BCUT2D eigenvalue weighted by molar-refractivity contribution is 5.80. The number of rotatable bonds is 6. The molecule has 3 aromatic rings. The Kier molecular flexibility index (Phi) is 5.22. The molecule has 0 bridgehead atoms. The van der Waals surface area contributed by atoms with Crippen molar-refractivity contribution in [3.8, 4) is 5.75 Å². The molecule has 2 saturated heterocycles. The molecule has 0 unspecified atom stereocenters. The summed E-state index contributed by atoms with van der Waals surface area (Å²) in [5, 5.41) is 13.6. The maximum Gasteiger partial charge on any atom is 0.258 e. The van der Waals surface area contributed by atoms with Gasteiger partial charge in [-0.05, 0) is 46.9 Å². The second kappa shape index (κ2) is 8.16. The topological polar surface area (TPSA) is 99.4 Å². The lowest BCUT2D eigenvalue weighted by molar-refractivity contribution is -0.914. The van der Waals surface area contributed by atoms with Gasteiger partial charge in [0.25, 0.3) is 5.56 Å². The Morgan fingerprint density at radius 2 is 2.17 bits per heavy atom. The number of nitrogens with zero attached hydrogens (tertiary/aromatic N) is 4. The number of pyridine rings is 1. The van der Waals surface area contributed by atoms with E-state index < -0.39 is 0 Å². The number of tetrazole rings is 1. The minimum absolute atomic E-state index is 0.105. The molecule has 30 heavy (non-hydrogen) atoms. The number of aromatic nitrogens is 5. The van der Waals surface area contributed by atoms with Crippen LogP contribution in [0.4, 0.5) is 0 Å². The predicted octanol–water partition coefficient (Wildman–Crippen LogP) is 0.470. The standard InChI is InChI=1S/C21H26N6O3/c1-29-15-7-6-14-11-17(21(28)22-18(14)12-15)19(26-8-2-3-9-26)20-23-24-25-27(20)13-16-5-4-10-30-16/h6-7,11-12,16,19H,2-5,8-10,13H2,1H3,(H,22,28)/p+1/t16-,19+/m0/s1. The third-order valence-electron chi connectivity index (χ3n) is 6.27. The Bertz CT molecular complexity index is 1080. The number of ether oxygens (including phenoxy) is 2. The van der Waals surface area contributed by atoms with Gasteiger partial charge < -0.3 is 19.4 Å². The quantitative estimate of drug-likeness (QED) is 0.612. The number of aromatic amines is 1. The Labute approximate surface area is 174 Å². The first-order chi connectivity index (χ1) is 14.7. The van der Waals surface area contributed by atoms with Gasteiger partial charge in [-0.2, -0.15) is 0 Å². The van der Waals surface area contributed by atoms with Crippen molar-refractivity contribution < 1.29 is 14.4 Å². The summed E-state index contributed by atoms with van der Waals surface area (Å²) in [6, 6.07) is 7.50. The van der Waals surface area contributed by atoms with Crippen molar-refractivity contribution in [2.24, 2.45) is 0 Å². The molecule has 0 spiro atoms. The summed E-state index contributed by atoms with van der Waals surface area (Å²) in [6.07, 6.45) is 4.49. The van der Waals surface area contributed by atoms with Crippen LogP contribution in [0.3, 0.4) is 0 Å². The second-order valence-corrected chi connectivity index (χ2v) is 8.16. The van der Waals surface area contributed by atoms with Crippen LogP contribution < -0.4 is 15.2 Å². The summed E-state index contributed by atoms with van der Waals surface area (Å²) in [6.45, 7) is 3.40. The van der Waals surface area contributed by atoms with E-state index in [0.29, 0.717) is 17.9 Å². The van der Waals surface area contributed by atoms with Crippen molar-refractivity contribution in [3.63, 3.8) is 0 Å². The van der Waals surface area contributed by atoms with E-state index in [1.165, 1.54) is 4.90 Å². The number of likely N-dealkylation sites (tertiary alicyclic amines) is 1. The van der Waals surface area contributed by atoms with Crippen LogP contribution in [-0.4, -0.2) is 58.1 Å². The monoisotopic (exact) mass is 411 g/mol. The lowest BCUT2D eigenvalue weighted by atomic mass is 10.0. The Balaban J connectivity index is 1.58. The van der Waals surface area contributed by atoms with Crippen LogP contribution >= 0.6 is 0 Å². The minimum Gasteiger partial charge on any atom is -0.497 e. The maximum absolute atomic E-state index is 13.2. The van der Waals surface area contributed by atoms with Gasteiger partial charge in [0.2, 0.25) is 5.82 Å². The third kappa shape index (κ3) is 3.59. The molecule has 1 aromatic carbocycles. The molecule has 2 aliphatic heterocycles. The molecular weight excluding hydrogens is 384 g/mol. The summed E-state index contributed by atoms with van der Waals surface area (Å²) >= 11 is 0. The normalized spacial score (nSPS) is 20.8. The SMILES string of the molecule is COc1ccc2cc([C@H](c3nnnn3C[C@@H]3CCCO3)[NH+]3CCCC3)c(=O)[nH]c2c1. The highest BCUT2D eigenvalue weighted by Gasteiger charge is 2.36. The van der Waals surface area contributed by atoms with Gasteiger partial charge in [0.05, 0.1) is 43.9 Å². The summed E-state index contributed by atoms with van der Waals surface area (Å²) in [5.41, 5.74) is 1.36. The van der Waals surface area contributed by atoms with E-state index in [2.05, 4.69) is 20.5 Å². The van der Waals surface area contributed by atoms with E-state index in [1.54, 1.807) is 7.11 Å². The third-order valence-corrected chi connectivity index (χ3v) is 6.27. The van der Waals surface area contributed by atoms with Crippen molar-refractivity contribution in [2.75, 3.05) is 26.8 Å².